The molecule has 0 saturated carbocycles. The molecular formula is C12H19N. The summed E-state index contributed by atoms with van der Waals surface area (Å²) < 4.78 is 0. The molecule has 0 heterocycles. The molecule has 13 heavy (non-hydrogen) atoms. The molecule has 1 aromatic carbocycles. The van der Waals surface area contributed by atoms with Crippen LogP contribution in [0.15, 0.2) is 30.3 Å². The van der Waals surface area contributed by atoms with E-state index in [0.29, 0.717) is 12.5 Å². The summed E-state index contributed by atoms with van der Waals surface area (Å²) in [6, 6.07) is 10.5. The van der Waals surface area contributed by atoms with E-state index in [1.54, 1.807) is 0 Å². The van der Waals surface area contributed by atoms with Crippen molar-refractivity contribution in [3.8, 4) is 0 Å². The van der Waals surface area contributed by atoms with Gasteiger partial charge in [0.25, 0.3) is 0 Å². The first-order valence-electron chi connectivity index (χ1n) is 4.80. The van der Waals surface area contributed by atoms with Gasteiger partial charge in [0.15, 0.2) is 0 Å². The molecule has 1 nitrogen and oxygen atoms in total. The molecular weight excluding hydrogens is 158 g/mol. The Labute approximate surface area is 81.0 Å². The first kappa shape index (κ1) is 10.3. The number of rotatable bonds is 2. The predicted octanol–water partition coefficient (Wildman–Crippen LogP) is 2.78. The Morgan fingerprint density at radius 3 is 2.08 bits per heavy atom. The fraction of sp³-hybridized carbons (Fsp3) is 0.500. The highest BCUT2D eigenvalue weighted by atomic mass is 14.6. The SMILES string of the molecule is CC(C)(C)[C@H](CN)c1ccccc1. The first-order chi connectivity index (χ1) is 6.05. The average Bonchev–Trinajstić information content (AvgIpc) is 2.05. The molecule has 1 atom stereocenters. The van der Waals surface area contributed by atoms with Gasteiger partial charge in [-0.1, -0.05) is 51.1 Å². The molecule has 0 aliphatic rings. The van der Waals surface area contributed by atoms with Crippen LogP contribution < -0.4 is 5.73 Å². The van der Waals surface area contributed by atoms with Gasteiger partial charge in [0.1, 0.15) is 0 Å². The standard InChI is InChI=1S/C12H19N/c1-12(2,3)11(9-13)10-7-5-4-6-8-10/h4-8,11H,9,13H2,1-3H3/t11-/m1/s1. The van der Waals surface area contributed by atoms with Crippen molar-refractivity contribution < 1.29 is 0 Å². The van der Waals surface area contributed by atoms with Crippen LogP contribution in [0.5, 0.6) is 0 Å². The first-order valence-corrected chi connectivity index (χ1v) is 4.80. The van der Waals surface area contributed by atoms with Gasteiger partial charge in [-0.05, 0) is 17.5 Å². The minimum atomic E-state index is 0.246. The van der Waals surface area contributed by atoms with Crippen LogP contribution in [0.3, 0.4) is 0 Å². The molecule has 1 heteroatoms. The van der Waals surface area contributed by atoms with Gasteiger partial charge >= 0.3 is 0 Å². The van der Waals surface area contributed by atoms with Crippen molar-refractivity contribution >= 4 is 0 Å². The number of benzene rings is 1. The van der Waals surface area contributed by atoms with E-state index in [1.807, 2.05) is 6.07 Å². The quantitative estimate of drug-likeness (QED) is 0.738. The van der Waals surface area contributed by atoms with E-state index in [4.69, 9.17) is 5.73 Å². The lowest BCUT2D eigenvalue weighted by Crippen LogP contribution is -2.25. The van der Waals surface area contributed by atoms with E-state index >= 15 is 0 Å². The highest BCUT2D eigenvalue weighted by Crippen LogP contribution is 2.33. The van der Waals surface area contributed by atoms with Crippen molar-refractivity contribution in [2.75, 3.05) is 6.54 Å². The molecule has 0 fully saturated rings. The van der Waals surface area contributed by atoms with Crippen LogP contribution in [0.25, 0.3) is 0 Å². The maximum atomic E-state index is 5.79. The van der Waals surface area contributed by atoms with Gasteiger partial charge in [-0.3, -0.25) is 0 Å². The van der Waals surface area contributed by atoms with Crippen LogP contribution in [0.4, 0.5) is 0 Å². The molecule has 0 aromatic heterocycles. The normalized spacial score (nSPS) is 14.2. The van der Waals surface area contributed by atoms with E-state index in [9.17, 15) is 0 Å². The second kappa shape index (κ2) is 3.93. The van der Waals surface area contributed by atoms with E-state index in [-0.39, 0.29) is 5.41 Å². The van der Waals surface area contributed by atoms with Crippen molar-refractivity contribution in [3.63, 3.8) is 0 Å². The van der Waals surface area contributed by atoms with Gasteiger partial charge in [0.2, 0.25) is 0 Å². The molecule has 0 bridgehead atoms. The molecule has 1 aromatic rings. The summed E-state index contributed by atoms with van der Waals surface area (Å²) in [5.41, 5.74) is 7.38. The summed E-state index contributed by atoms with van der Waals surface area (Å²) in [5, 5.41) is 0. The van der Waals surface area contributed by atoms with Crippen molar-refractivity contribution in [2.45, 2.75) is 26.7 Å². The minimum Gasteiger partial charge on any atom is -0.330 e. The lowest BCUT2D eigenvalue weighted by molar-refractivity contribution is 0.325. The third kappa shape index (κ3) is 2.56. The van der Waals surface area contributed by atoms with Gasteiger partial charge in [-0.2, -0.15) is 0 Å². The van der Waals surface area contributed by atoms with Crippen molar-refractivity contribution in [3.05, 3.63) is 35.9 Å². The van der Waals surface area contributed by atoms with Gasteiger partial charge in [0, 0.05) is 5.92 Å². The fourth-order valence-electron chi connectivity index (χ4n) is 1.67. The second-order valence-corrected chi connectivity index (χ2v) is 4.56. The molecule has 0 amide bonds. The summed E-state index contributed by atoms with van der Waals surface area (Å²) in [7, 11) is 0. The summed E-state index contributed by atoms with van der Waals surface area (Å²) >= 11 is 0. The van der Waals surface area contributed by atoms with Crippen LogP contribution in [0.1, 0.15) is 32.3 Å². The van der Waals surface area contributed by atoms with Crippen LogP contribution >= 0.6 is 0 Å². The van der Waals surface area contributed by atoms with Crippen LogP contribution in [-0.2, 0) is 0 Å². The molecule has 0 saturated heterocycles. The Balaban J connectivity index is 2.92. The van der Waals surface area contributed by atoms with Gasteiger partial charge < -0.3 is 5.73 Å². The molecule has 2 N–H and O–H groups in total. The number of hydrogen-bond donors (Lipinski definition) is 1. The summed E-state index contributed by atoms with van der Waals surface area (Å²) in [6.45, 7) is 7.42. The van der Waals surface area contributed by atoms with Gasteiger partial charge in [-0.15, -0.1) is 0 Å². The monoisotopic (exact) mass is 177 g/mol. The molecule has 0 aliphatic heterocycles. The van der Waals surface area contributed by atoms with Gasteiger partial charge in [-0.25, -0.2) is 0 Å². The van der Waals surface area contributed by atoms with Crippen molar-refractivity contribution in [1.29, 1.82) is 0 Å². The fourth-order valence-corrected chi connectivity index (χ4v) is 1.67. The zero-order chi connectivity index (χ0) is 9.90. The molecule has 1 rings (SSSR count). The maximum Gasteiger partial charge on any atom is 0.000978 e. The molecule has 72 valence electrons. The second-order valence-electron chi connectivity index (χ2n) is 4.56. The highest BCUT2D eigenvalue weighted by Gasteiger charge is 2.24. The largest absolute Gasteiger partial charge is 0.330 e. The zero-order valence-electron chi connectivity index (χ0n) is 8.75. The molecule has 0 spiro atoms. The summed E-state index contributed by atoms with van der Waals surface area (Å²) in [6.07, 6.45) is 0. The van der Waals surface area contributed by atoms with Crippen LogP contribution in [0.2, 0.25) is 0 Å². The highest BCUT2D eigenvalue weighted by molar-refractivity contribution is 5.21. The van der Waals surface area contributed by atoms with Crippen LogP contribution in [-0.4, -0.2) is 6.54 Å². The number of nitrogens with two attached hydrogens (primary N) is 1. The Morgan fingerprint density at radius 1 is 1.15 bits per heavy atom. The lowest BCUT2D eigenvalue weighted by atomic mass is 9.76. The van der Waals surface area contributed by atoms with Crippen molar-refractivity contribution in [2.24, 2.45) is 11.1 Å². The third-order valence-electron chi connectivity index (χ3n) is 2.48. The van der Waals surface area contributed by atoms with E-state index in [1.165, 1.54) is 5.56 Å². The van der Waals surface area contributed by atoms with E-state index in [2.05, 4.69) is 45.0 Å². The van der Waals surface area contributed by atoms with Crippen LogP contribution in [0, 0.1) is 5.41 Å². The Bertz CT molecular complexity index is 246. The Hall–Kier alpha value is -0.820. The van der Waals surface area contributed by atoms with E-state index < -0.39 is 0 Å². The lowest BCUT2D eigenvalue weighted by Gasteiger charge is -2.29. The predicted molar refractivity (Wildman–Crippen MR) is 57.7 cm³/mol. The van der Waals surface area contributed by atoms with E-state index in [0.717, 1.165) is 0 Å². The average molecular weight is 177 g/mol. The Morgan fingerprint density at radius 2 is 1.69 bits per heavy atom. The van der Waals surface area contributed by atoms with Gasteiger partial charge in [0.05, 0.1) is 0 Å². The summed E-state index contributed by atoms with van der Waals surface area (Å²) in [5.74, 6) is 0.452. The number of hydrogen-bond acceptors (Lipinski definition) is 1. The minimum absolute atomic E-state index is 0.246. The smallest absolute Gasteiger partial charge is 0.000978 e. The molecule has 0 unspecified atom stereocenters. The molecule has 0 radical (unpaired) electrons. The Kier molecular flexibility index (Phi) is 3.10. The molecule has 0 aliphatic carbocycles. The maximum absolute atomic E-state index is 5.79. The zero-order valence-corrected chi connectivity index (χ0v) is 8.75. The summed E-state index contributed by atoms with van der Waals surface area (Å²) in [4.78, 5) is 0. The topological polar surface area (TPSA) is 26.0 Å². The van der Waals surface area contributed by atoms with Crippen molar-refractivity contribution in [1.82, 2.24) is 0 Å². The third-order valence-corrected chi connectivity index (χ3v) is 2.48.